The predicted octanol–water partition coefficient (Wildman–Crippen LogP) is 3.10. The summed E-state index contributed by atoms with van der Waals surface area (Å²) in [5, 5.41) is 4.62. The molecular weight excluding hydrogens is 329 g/mol. The fourth-order valence-electron chi connectivity index (χ4n) is 4.13. The highest BCUT2D eigenvalue weighted by atomic mass is 19.1. The number of hydrogen-bond donors (Lipinski definition) is 0. The summed E-state index contributed by atoms with van der Waals surface area (Å²) < 4.78 is 17.6. The maximum Gasteiger partial charge on any atom is 0.125 e. The summed E-state index contributed by atoms with van der Waals surface area (Å²) in [7, 11) is 0. The fraction of sp³-hybridized carbons (Fsp3) is 0.400. The van der Waals surface area contributed by atoms with E-state index in [1.54, 1.807) is 10.7 Å². The Morgan fingerprint density at radius 1 is 1.08 bits per heavy atom. The van der Waals surface area contributed by atoms with Crippen molar-refractivity contribution in [2.24, 2.45) is 0 Å². The summed E-state index contributed by atoms with van der Waals surface area (Å²) in [6.07, 6.45) is 6.77. The van der Waals surface area contributed by atoms with E-state index in [1.165, 1.54) is 48.6 Å². The van der Waals surface area contributed by atoms with E-state index in [1.807, 2.05) is 18.3 Å². The lowest BCUT2D eigenvalue weighted by atomic mass is 10.0. The van der Waals surface area contributed by atoms with Crippen molar-refractivity contribution in [3.63, 3.8) is 0 Å². The molecule has 2 aromatic heterocycles. The average Bonchev–Trinajstić information content (AvgIpc) is 3.26. The third-order valence-electron chi connectivity index (χ3n) is 5.42. The first-order valence-corrected chi connectivity index (χ1v) is 9.36. The molecule has 0 unspecified atom stereocenters. The number of hydrogen-bond acceptors (Lipinski definition) is 3. The second-order valence-corrected chi connectivity index (χ2v) is 7.22. The Hall–Kier alpha value is -2.47. The van der Waals surface area contributed by atoms with Gasteiger partial charge in [-0.2, -0.15) is 5.10 Å². The Balaban J connectivity index is 1.31. The topological polar surface area (TPSA) is 38.9 Å². The zero-order valence-corrected chi connectivity index (χ0v) is 14.7. The van der Waals surface area contributed by atoms with Gasteiger partial charge in [-0.1, -0.05) is 6.07 Å². The van der Waals surface area contributed by atoms with Crippen LogP contribution in [0.25, 0.3) is 5.69 Å². The van der Waals surface area contributed by atoms with Gasteiger partial charge in [-0.05, 0) is 49.9 Å². The summed E-state index contributed by atoms with van der Waals surface area (Å²) in [4.78, 5) is 7.29. The second-order valence-electron chi connectivity index (χ2n) is 7.22. The quantitative estimate of drug-likeness (QED) is 0.728. The van der Waals surface area contributed by atoms with E-state index in [9.17, 15) is 4.39 Å². The molecule has 0 bridgehead atoms. The molecule has 134 valence electrons. The van der Waals surface area contributed by atoms with Crippen molar-refractivity contribution in [3.05, 3.63) is 65.3 Å². The molecule has 1 aliphatic carbocycles. The number of imidazole rings is 1. The van der Waals surface area contributed by atoms with E-state index in [4.69, 9.17) is 4.98 Å². The molecule has 3 aromatic rings. The van der Waals surface area contributed by atoms with Crippen molar-refractivity contribution in [1.82, 2.24) is 24.2 Å². The Bertz CT molecular complexity index is 942. The molecule has 5 nitrogen and oxygen atoms in total. The lowest BCUT2D eigenvalue weighted by Crippen LogP contribution is -2.34. The molecule has 0 saturated heterocycles. The molecule has 1 aromatic carbocycles. The van der Waals surface area contributed by atoms with Gasteiger partial charge in [0.2, 0.25) is 0 Å². The predicted molar refractivity (Wildman–Crippen MR) is 96.5 cm³/mol. The minimum absolute atomic E-state index is 0.244. The summed E-state index contributed by atoms with van der Waals surface area (Å²) in [6, 6.07) is 8.53. The molecular formula is C20H22FN5. The van der Waals surface area contributed by atoms with E-state index in [-0.39, 0.29) is 5.82 Å². The van der Waals surface area contributed by atoms with E-state index in [0.29, 0.717) is 0 Å². The van der Waals surface area contributed by atoms with Crippen LogP contribution in [0.1, 0.15) is 35.7 Å². The lowest BCUT2D eigenvalue weighted by Gasteiger charge is -2.28. The van der Waals surface area contributed by atoms with Crippen molar-refractivity contribution in [2.45, 2.75) is 45.3 Å². The fourth-order valence-corrected chi connectivity index (χ4v) is 4.13. The molecule has 0 atom stereocenters. The number of rotatable bonds is 3. The van der Waals surface area contributed by atoms with Crippen LogP contribution in [-0.2, 0) is 32.5 Å². The molecule has 0 fully saturated rings. The van der Waals surface area contributed by atoms with Crippen molar-refractivity contribution in [3.8, 4) is 5.69 Å². The van der Waals surface area contributed by atoms with Gasteiger partial charge in [0.05, 0.1) is 23.6 Å². The lowest BCUT2D eigenvalue weighted by molar-refractivity contribution is 0.204. The van der Waals surface area contributed by atoms with Gasteiger partial charge in [0.1, 0.15) is 11.6 Å². The van der Waals surface area contributed by atoms with Gasteiger partial charge in [0, 0.05) is 31.5 Å². The largest absolute Gasteiger partial charge is 0.329 e. The van der Waals surface area contributed by atoms with Crippen LogP contribution in [0.4, 0.5) is 4.39 Å². The number of aryl methyl sites for hydroxylation is 1. The number of halogens is 1. The summed E-state index contributed by atoms with van der Waals surface area (Å²) >= 11 is 0. The van der Waals surface area contributed by atoms with Crippen LogP contribution in [0.15, 0.2) is 36.5 Å². The normalized spacial score (nSPS) is 17.1. The first kappa shape index (κ1) is 15.8. The Kier molecular flexibility index (Phi) is 3.85. The third-order valence-corrected chi connectivity index (χ3v) is 5.42. The van der Waals surface area contributed by atoms with Crippen molar-refractivity contribution >= 4 is 0 Å². The van der Waals surface area contributed by atoms with Gasteiger partial charge in [-0.3, -0.25) is 4.90 Å². The van der Waals surface area contributed by atoms with Crippen LogP contribution >= 0.6 is 0 Å². The summed E-state index contributed by atoms with van der Waals surface area (Å²) in [6.45, 7) is 3.70. The number of nitrogens with zero attached hydrogens (tertiary/aromatic N) is 5. The van der Waals surface area contributed by atoms with E-state index < -0.39 is 0 Å². The molecule has 0 amide bonds. The molecule has 6 heteroatoms. The third kappa shape index (κ3) is 2.84. The van der Waals surface area contributed by atoms with Gasteiger partial charge in [-0.25, -0.2) is 14.1 Å². The van der Waals surface area contributed by atoms with Crippen LogP contribution < -0.4 is 0 Å². The van der Waals surface area contributed by atoms with E-state index in [0.717, 1.165) is 44.0 Å². The van der Waals surface area contributed by atoms with Crippen LogP contribution in [-0.4, -0.2) is 30.8 Å². The zero-order chi connectivity index (χ0) is 17.5. The summed E-state index contributed by atoms with van der Waals surface area (Å²) in [5.41, 5.74) is 4.54. The SMILES string of the molecule is Fc1cccc(-n2ccc(CN3CCn4c(nc5c4CCCC5)C3)n2)c1. The van der Waals surface area contributed by atoms with Crippen molar-refractivity contribution < 1.29 is 4.39 Å². The van der Waals surface area contributed by atoms with Gasteiger partial charge in [0.15, 0.2) is 0 Å². The second kappa shape index (κ2) is 6.36. The van der Waals surface area contributed by atoms with E-state index >= 15 is 0 Å². The maximum absolute atomic E-state index is 13.4. The van der Waals surface area contributed by atoms with Crippen LogP contribution in [0, 0.1) is 5.82 Å². The van der Waals surface area contributed by atoms with Crippen LogP contribution in [0.5, 0.6) is 0 Å². The average molecular weight is 351 g/mol. The molecule has 5 rings (SSSR count). The molecule has 0 spiro atoms. The van der Waals surface area contributed by atoms with E-state index in [2.05, 4.69) is 14.6 Å². The van der Waals surface area contributed by atoms with Gasteiger partial charge in [-0.15, -0.1) is 0 Å². The molecule has 26 heavy (non-hydrogen) atoms. The number of fused-ring (bicyclic) bond motifs is 3. The standard InChI is InChI=1S/C20H22FN5/c21-15-4-3-5-17(12-15)26-9-8-16(23-26)13-24-10-11-25-19-7-2-1-6-18(19)22-20(25)14-24/h3-5,8-9,12H,1-2,6-7,10-11,13-14H2. The van der Waals surface area contributed by atoms with Gasteiger partial charge < -0.3 is 4.57 Å². The summed E-state index contributed by atoms with van der Waals surface area (Å²) in [5.74, 6) is 0.957. The molecule has 0 saturated carbocycles. The smallest absolute Gasteiger partial charge is 0.125 e. The highest BCUT2D eigenvalue weighted by molar-refractivity contribution is 5.31. The molecule has 3 heterocycles. The molecule has 0 radical (unpaired) electrons. The van der Waals surface area contributed by atoms with Gasteiger partial charge >= 0.3 is 0 Å². The molecule has 1 aliphatic heterocycles. The van der Waals surface area contributed by atoms with Crippen LogP contribution in [0.2, 0.25) is 0 Å². The van der Waals surface area contributed by atoms with Crippen molar-refractivity contribution in [2.75, 3.05) is 6.54 Å². The zero-order valence-electron chi connectivity index (χ0n) is 14.7. The maximum atomic E-state index is 13.4. The number of aromatic nitrogens is 4. The monoisotopic (exact) mass is 351 g/mol. The van der Waals surface area contributed by atoms with Crippen molar-refractivity contribution in [1.29, 1.82) is 0 Å². The first-order chi connectivity index (χ1) is 12.8. The highest BCUT2D eigenvalue weighted by Gasteiger charge is 2.25. The van der Waals surface area contributed by atoms with Gasteiger partial charge in [0.25, 0.3) is 0 Å². The Morgan fingerprint density at radius 3 is 2.92 bits per heavy atom. The first-order valence-electron chi connectivity index (χ1n) is 9.36. The molecule has 2 aliphatic rings. The van der Waals surface area contributed by atoms with Crippen LogP contribution in [0.3, 0.4) is 0 Å². The minimum atomic E-state index is -0.244. The minimum Gasteiger partial charge on any atom is -0.329 e. The highest BCUT2D eigenvalue weighted by Crippen LogP contribution is 2.25. The number of benzene rings is 1. The molecule has 0 N–H and O–H groups in total. The Labute approximate surface area is 152 Å². The Morgan fingerprint density at radius 2 is 2.00 bits per heavy atom.